The van der Waals surface area contributed by atoms with E-state index in [-0.39, 0.29) is 18.7 Å². The lowest BCUT2D eigenvalue weighted by atomic mass is 10.2. The van der Waals surface area contributed by atoms with E-state index in [1.54, 1.807) is 18.2 Å². The van der Waals surface area contributed by atoms with Gasteiger partial charge >= 0.3 is 5.97 Å². The van der Waals surface area contributed by atoms with Crippen LogP contribution in [0.15, 0.2) is 18.2 Å². The lowest BCUT2D eigenvalue weighted by Gasteiger charge is -2.18. The van der Waals surface area contributed by atoms with Crippen molar-refractivity contribution in [1.82, 2.24) is 0 Å². The van der Waals surface area contributed by atoms with Gasteiger partial charge in [-0.15, -0.1) is 0 Å². The van der Waals surface area contributed by atoms with Gasteiger partial charge in [0.25, 0.3) is 0 Å². The van der Waals surface area contributed by atoms with Crippen molar-refractivity contribution in [1.29, 1.82) is 0 Å². The highest BCUT2D eigenvalue weighted by Gasteiger charge is 2.13. The quantitative estimate of drug-likeness (QED) is 0.841. The summed E-state index contributed by atoms with van der Waals surface area (Å²) in [6, 6.07) is 5.06. The lowest BCUT2D eigenvalue weighted by Crippen LogP contribution is -2.16. The van der Waals surface area contributed by atoms with Crippen molar-refractivity contribution >= 4 is 17.6 Å². The van der Waals surface area contributed by atoms with Gasteiger partial charge in [-0.2, -0.15) is 0 Å². The zero-order valence-corrected chi connectivity index (χ0v) is 9.64. The third-order valence-corrected chi connectivity index (χ3v) is 2.39. The molecule has 0 fully saturated rings. The number of hydrogen-bond donors (Lipinski definition) is 2. The van der Waals surface area contributed by atoms with Crippen molar-refractivity contribution in [3.63, 3.8) is 0 Å². The van der Waals surface area contributed by atoms with Crippen molar-refractivity contribution < 1.29 is 24.2 Å². The van der Waals surface area contributed by atoms with E-state index in [4.69, 9.17) is 14.6 Å². The number of aliphatic carboxylic acids is 1. The van der Waals surface area contributed by atoms with Crippen molar-refractivity contribution in [2.45, 2.75) is 12.8 Å². The van der Waals surface area contributed by atoms with Gasteiger partial charge in [-0.1, -0.05) is 0 Å². The fourth-order valence-corrected chi connectivity index (χ4v) is 1.57. The molecule has 1 aliphatic heterocycles. The number of rotatable bonds is 4. The van der Waals surface area contributed by atoms with Gasteiger partial charge in [-0.25, -0.2) is 0 Å². The average Bonchev–Trinajstić information content (AvgIpc) is 2.36. The number of benzene rings is 1. The summed E-state index contributed by atoms with van der Waals surface area (Å²) in [6.45, 7) is 0.987. The predicted molar refractivity (Wildman–Crippen MR) is 62.9 cm³/mol. The molecule has 0 unspecified atom stereocenters. The first-order valence-corrected chi connectivity index (χ1v) is 5.56. The summed E-state index contributed by atoms with van der Waals surface area (Å²) in [4.78, 5) is 21.8. The third-order valence-electron chi connectivity index (χ3n) is 2.39. The normalized spacial score (nSPS) is 12.9. The van der Waals surface area contributed by atoms with E-state index < -0.39 is 5.97 Å². The van der Waals surface area contributed by atoms with E-state index in [1.807, 2.05) is 0 Å². The highest BCUT2D eigenvalue weighted by molar-refractivity contribution is 5.92. The zero-order chi connectivity index (χ0) is 13.0. The van der Waals surface area contributed by atoms with Crippen LogP contribution >= 0.6 is 0 Å². The number of fused-ring (bicyclic) bond motifs is 1. The summed E-state index contributed by atoms with van der Waals surface area (Å²) in [5.41, 5.74) is 0.564. The van der Waals surface area contributed by atoms with Crippen LogP contribution < -0.4 is 14.8 Å². The molecule has 0 aromatic heterocycles. The monoisotopic (exact) mass is 251 g/mol. The number of carbonyl (C=O) groups is 2. The van der Waals surface area contributed by atoms with Gasteiger partial charge in [0.15, 0.2) is 11.5 Å². The molecule has 0 aliphatic carbocycles. The summed E-state index contributed by atoms with van der Waals surface area (Å²) in [5.74, 6) is -0.108. The molecule has 18 heavy (non-hydrogen) atoms. The number of carboxylic acid groups (broad SMARTS) is 1. The Balaban J connectivity index is 1.97. The minimum atomic E-state index is -0.993. The van der Waals surface area contributed by atoms with Crippen molar-refractivity contribution in [2.75, 3.05) is 18.5 Å². The molecule has 1 amide bonds. The van der Waals surface area contributed by atoms with Crippen molar-refractivity contribution in [3.8, 4) is 11.5 Å². The van der Waals surface area contributed by atoms with Crippen LogP contribution in [0.2, 0.25) is 0 Å². The van der Waals surface area contributed by atoms with Crippen LogP contribution in [0.25, 0.3) is 0 Å². The van der Waals surface area contributed by atoms with Crippen LogP contribution in [0.5, 0.6) is 11.5 Å². The Labute approximate surface area is 104 Å². The summed E-state index contributed by atoms with van der Waals surface area (Å²) >= 11 is 0. The molecule has 1 aromatic carbocycles. The number of nitrogens with one attached hydrogen (secondary N) is 1. The van der Waals surface area contributed by atoms with E-state index in [1.165, 1.54) is 0 Å². The molecule has 0 saturated heterocycles. The number of anilines is 1. The number of ether oxygens (including phenoxy) is 2. The predicted octanol–water partition coefficient (Wildman–Crippen LogP) is 1.26. The molecule has 0 saturated carbocycles. The number of amides is 1. The van der Waals surface area contributed by atoms with Gasteiger partial charge in [-0.05, 0) is 12.1 Å². The first-order chi connectivity index (χ1) is 8.65. The molecule has 96 valence electrons. The lowest BCUT2D eigenvalue weighted by molar-refractivity contribution is -0.138. The smallest absolute Gasteiger partial charge is 0.303 e. The Hall–Kier alpha value is -2.24. The Kier molecular flexibility index (Phi) is 3.66. The van der Waals surface area contributed by atoms with Crippen LogP contribution in [0.3, 0.4) is 0 Å². The number of hydrogen-bond acceptors (Lipinski definition) is 4. The van der Waals surface area contributed by atoms with Crippen LogP contribution in [-0.2, 0) is 9.59 Å². The largest absolute Gasteiger partial charge is 0.486 e. The van der Waals surface area contributed by atoms with Crippen molar-refractivity contribution in [2.24, 2.45) is 0 Å². The minimum absolute atomic E-state index is 0.0518. The van der Waals surface area contributed by atoms with Gasteiger partial charge in [0.1, 0.15) is 13.2 Å². The first kappa shape index (κ1) is 12.2. The molecule has 2 N–H and O–H groups in total. The Morgan fingerprint density at radius 2 is 1.89 bits per heavy atom. The van der Waals surface area contributed by atoms with E-state index in [0.29, 0.717) is 30.4 Å². The van der Waals surface area contributed by atoms with Crippen molar-refractivity contribution in [3.05, 3.63) is 18.2 Å². The molecule has 2 rings (SSSR count). The third kappa shape index (κ3) is 3.13. The molecular formula is C12H13NO5. The fraction of sp³-hybridized carbons (Fsp3) is 0.333. The topological polar surface area (TPSA) is 84.9 Å². The molecule has 6 nitrogen and oxygen atoms in total. The molecule has 0 spiro atoms. The molecule has 1 aromatic rings. The second-order valence-electron chi connectivity index (χ2n) is 3.80. The number of carbonyl (C=O) groups excluding carboxylic acids is 1. The molecule has 1 aliphatic rings. The molecular weight excluding hydrogens is 238 g/mol. The minimum Gasteiger partial charge on any atom is -0.486 e. The number of carboxylic acids is 1. The maximum absolute atomic E-state index is 11.4. The van der Waals surface area contributed by atoms with Crippen LogP contribution in [0, 0.1) is 0 Å². The Morgan fingerprint density at radius 1 is 1.17 bits per heavy atom. The maximum atomic E-state index is 11.4. The summed E-state index contributed by atoms with van der Waals surface area (Å²) < 4.78 is 10.7. The van der Waals surface area contributed by atoms with E-state index in [9.17, 15) is 9.59 Å². The standard InChI is InChI=1S/C12H13NO5/c14-11(3-4-12(15)16)13-8-1-2-9-10(7-8)18-6-5-17-9/h1-2,7H,3-6H2,(H,13,14)(H,15,16). The van der Waals surface area contributed by atoms with E-state index >= 15 is 0 Å². The maximum Gasteiger partial charge on any atom is 0.303 e. The van der Waals surface area contributed by atoms with E-state index in [0.717, 1.165) is 0 Å². The van der Waals surface area contributed by atoms with Gasteiger partial charge in [-0.3, -0.25) is 9.59 Å². The Bertz CT molecular complexity index is 472. The summed E-state index contributed by atoms with van der Waals surface area (Å²) in [5, 5.41) is 11.1. The van der Waals surface area contributed by atoms with Crippen LogP contribution in [0.1, 0.15) is 12.8 Å². The average molecular weight is 251 g/mol. The SMILES string of the molecule is O=C(O)CCC(=O)Nc1ccc2c(c1)OCCO2. The highest BCUT2D eigenvalue weighted by Crippen LogP contribution is 2.32. The molecule has 1 heterocycles. The molecule has 6 heteroatoms. The van der Waals surface area contributed by atoms with Crippen LogP contribution in [0.4, 0.5) is 5.69 Å². The highest BCUT2D eigenvalue weighted by atomic mass is 16.6. The first-order valence-electron chi connectivity index (χ1n) is 5.56. The second kappa shape index (κ2) is 5.39. The summed E-state index contributed by atoms with van der Waals surface area (Å²) in [7, 11) is 0. The summed E-state index contributed by atoms with van der Waals surface area (Å²) in [6.07, 6.45) is -0.236. The van der Waals surface area contributed by atoms with Gasteiger partial charge in [0.2, 0.25) is 5.91 Å². The molecule has 0 bridgehead atoms. The van der Waals surface area contributed by atoms with E-state index in [2.05, 4.69) is 5.32 Å². The second-order valence-corrected chi connectivity index (χ2v) is 3.80. The van der Waals surface area contributed by atoms with Crippen LogP contribution in [-0.4, -0.2) is 30.2 Å². The molecule has 0 radical (unpaired) electrons. The zero-order valence-electron chi connectivity index (χ0n) is 9.64. The fourth-order valence-electron chi connectivity index (χ4n) is 1.57. The van der Waals surface area contributed by atoms with Gasteiger partial charge in [0.05, 0.1) is 6.42 Å². The van der Waals surface area contributed by atoms with Gasteiger partial charge in [0, 0.05) is 18.2 Å². The molecule has 0 atom stereocenters. The Morgan fingerprint density at radius 3 is 2.61 bits per heavy atom. The van der Waals surface area contributed by atoms with Gasteiger partial charge < -0.3 is 19.9 Å².